The lowest BCUT2D eigenvalue weighted by molar-refractivity contribution is 0.952. The molecule has 0 aliphatic heterocycles. The van der Waals surface area contributed by atoms with Crippen LogP contribution in [0.3, 0.4) is 0 Å². The summed E-state index contributed by atoms with van der Waals surface area (Å²) < 4.78 is 0. The molecule has 0 aromatic heterocycles. The van der Waals surface area contributed by atoms with Gasteiger partial charge in [0.1, 0.15) is 0 Å². The van der Waals surface area contributed by atoms with Crippen LogP contribution < -0.4 is 5.73 Å². The Kier molecular flexibility index (Phi) is 8.28. The average molecular weight is 179 g/mol. The van der Waals surface area contributed by atoms with E-state index in [0.717, 1.165) is 6.54 Å². The van der Waals surface area contributed by atoms with Gasteiger partial charge < -0.3 is 5.73 Å². The van der Waals surface area contributed by atoms with Crippen LogP contribution in [0.1, 0.15) is 13.8 Å². The van der Waals surface area contributed by atoms with E-state index >= 15 is 0 Å². The second-order valence-electron chi connectivity index (χ2n) is 2.11. The number of rotatable bonds is 6. The van der Waals surface area contributed by atoms with Gasteiger partial charge in [-0.05, 0) is 5.75 Å². The van der Waals surface area contributed by atoms with Gasteiger partial charge in [0.15, 0.2) is 0 Å². The summed E-state index contributed by atoms with van der Waals surface area (Å²) in [6, 6.07) is 0. The predicted octanol–water partition coefficient (Wildman–Crippen LogP) is 1.82. The number of nitrogens with two attached hydrogens (primary N) is 1. The highest BCUT2D eigenvalue weighted by atomic mass is 32.2. The zero-order valence-corrected chi connectivity index (χ0v) is 8.43. The zero-order valence-electron chi connectivity index (χ0n) is 6.80. The molecule has 0 fully saturated rings. The van der Waals surface area contributed by atoms with Crippen molar-refractivity contribution in [2.45, 2.75) is 19.1 Å². The molecule has 3 heteroatoms. The van der Waals surface area contributed by atoms with E-state index in [4.69, 9.17) is 5.73 Å². The summed E-state index contributed by atoms with van der Waals surface area (Å²) in [6.45, 7) is 5.18. The van der Waals surface area contributed by atoms with Gasteiger partial charge in [0, 0.05) is 23.3 Å². The molecule has 1 nitrogen and oxygen atoms in total. The molecule has 0 heterocycles. The van der Waals surface area contributed by atoms with Crippen LogP contribution in [0.5, 0.6) is 0 Å². The van der Waals surface area contributed by atoms with E-state index in [9.17, 15) is 0 Å². The summed E-state index contributed by atoms with van der Waals surface area (Å²) in [5.74, 6) is 3.75. The summed E-state index contributed by atoms with van der Waals surface area (Å²) in [5, 5.41) is 0.637. The zero-order chi connectivity index (χ0) is 7.82. The molecule has 0 spiro atoms. The monoisotopic (exact) mass is 179 g/mol. The third-order valence-electron chi connectivity index (χ3n) is 1.17. The number of hydrogen-bond acceptors (Lipinski definition) is 3. The van der Waals surface area contributed by atoms with Crippen molar-refractivity contribution in [3.8, 4) is 0 Å². The van der Waals surface area contributed by atoms with Gasteiger partial charge in [-0.2, -0.15) is 23.5 Å². The Balaban J connectivity index is 2.89. The van der Waals surface area contributed by atoms with Gasteiger partial charge in [-0.15, -0.1) is 0 Å². The largest absolute Gasteiger partial charge is 0.329 e. The maximum atomic E-state index is 5.46. The lowest BCUT2D eigenvalue weighted by atomic mass is 10.5. The molecule has 0 saturated carbocycles. The minimum absolute atomic E-state index is 0.637. The fourth-order valence-corrected chi connectivity index (χ4v) is 2.20. The minimum Gasteiger partial charge on any atom is -0.329 e. The first-order valence-electron chi connectivity index (χ1n) is 3.70. The van der Waals surface area contributed by atoms with Gasteiger partial charge >= 0.3 is 0 Å². The molecule has 0 bridgehead atoms. The first-order chi connectivity index (χ1) is 4.81. The van der Waals surface area contributed by atoms with Crippen molar-refractivity contribution in [1.82, 2.24) is 0 Å². The quantitative estimate of drug-likeness (QED) is 0.630. The minimum atomic E-state index is 0.637. The third kappa shape index (κ3) is 6.78. The first-order valence-corrected chi connectivity index (χ1v) is 5.91. The summed E-state index contributed by atoms with van der Waals surface area (Å²) in [7, 11) is 0. The second kappa shape index (κ2) is 7.76. The van der Waals surface area contributed by atoms with E-state index in [1.165, 1.54) is 17.3 Å². The van der Waals surface area contributed by atoms with Crippen molar-refractivity contribution in [3.63, 3.8) is 0 Å². The Morgan fingerprint density at radius 3 is 2.60 bits per heavy atom. The molecule has 0 aromatic rings. The fourth-order valence-electron chi connectivity index (χ4n) is 0.521. The van der Waals surface area contributed by atoms with E-state index in [1.807, 2.05) is 23.5 Å². The molecule has 1 unspecified atom stereocenters. The van der Waals surface area contributed by atoms with E-state index in [1.54, 1.807) is 0 Å². The van der Waals surface area contributed by atoms with Gasteiger partial charge in [-0.25, -0.2) is 0 Å². The van der Waals surface area contributed by atoms with Crippen molar-refractivity contribution >= 4 is 23.5 Å². The lowest BCUT2D eigenvalue weighted by Crippen LogP contribution is -2.13. The molecule has 2 N–H and O–H groups in total. The molecule has 0 aliphatic carbocycles. The van der Waals surface area contributed by atoms with Crippen molar-refractivity contribution in [2.24, 2.45) is 5.73 Å². The van der Waals surface area contributed by atoms with Crippen LogP contribution in [-0.2, 0) is 0 Å². The highest BCUT2D eigenvalue weighted by molar-refractivity contribution is 8.03. The Morgan fingerprint density at radius 2 is 2.10 bits per heavy atom. The first kappa shape index (κ1) is 10.7. The molecular weight excluding hydrogens is 162 g/mol. The van der Waals surface area contributed by atoms with E-state index in [0.29, 0.717) is 5.25 Å². The SMILES string of the molecule is CCSCCSC(C)CN. The molecule has 0 saturated heterocycles. The maximum Gasteiger partial charge on any atom is 0.0142 e. The van der Waals surface area contributed by atoms with Gasteiger partial charge in [0.2, 0.25) is 0 Å². The standard InChI is InChI=1S/C7H17NS2/c1-3-9-4-5-10-7(2)6-8/h7H,3-6,8H2,1-2H3. The number of hydrogen-bond donors (Lipinski definition) is 1. The Labute approximate surface area is 72.5 Å². The average Bonchev–Trinajstić information content (AvgIpc) is 1.98. The van der Waals surface area contributed by atoms with Crippen LogP contribution in [0.2, 0.25) is 0 Å². The van der Waals surface area contributed by atoms with Gasteiger partial charge in [-0.3, -0.25) is 0 Å². The molecular formula is C7H17NS2. The predicted molar refractivity (Wildman–Crippen MR) is 54.0 cm³/mol. The van der Waals surface area contributed by atoms with Crippen LogP contribution >= 0.6 is 23.5 Å². The normalized spacial score (nSPS) is 13.5. The molecule has 1 atom stereocenters. The topological polar surface area (TPSA) is 26.0 Å². The molecule has 10 heavy (non-hydrogen) atoms. The highest BCUT2D eigenvalue weighted by Crippen LogP contribution is 2.11. The highest BCUT2D eigenvalue weighted by Gasteiger charge is 1.97. The molecule has 0 amide bonds. The fraction of sp³-hybridized carbons (Fsp3) is 1.00. The third-order valence-corrected chi connectivity index (χ3v) is 3.53. The molecule has 0 rings (SSSR count). The summed E-state index contributed by atoms with van der Waals surface area (Å²) in [4.78, 5) is 0. The summed E-state index contributed by atoms with van der Waals surface area (Å²) >= 11 is 3.97. The van der Waals surface area contributed by atoms with Crippen LogP contribution in [0, 0.1) is 0 Å². The molecule has 0 radical (unpaired) electrons. The van der Waals surface area contributed by atoms with E-state index in [2.05, 4.69) is 13.8 Å². The smallest absolute Gasteiger partial charge is 0.0142 e. The lowest BCUT2D eigenvalue weighted by Gasteiger charge is -2.06. The van der Waals surface area contributed by atoms with E-state index in [-0.39, 0.29) is 0 Å². The summed E-state index contributed by atoms with van der Waals surface area (Å²) in [6.07, 6.45) is 0. The van der Waals surface area contributed by atoms with Crippen LogP contribution in [0.4, 0.5) is 0 Å². The Morgan fingerprint density at radius 1 is 1.40 bits per heavy atom. The van der Waals surface area contributed by atoms with Crippen molar-refractivity contribution in [1.29, 1.82) is 0 Å². The van der Waals surface area contributed by atoms with Crippen molar-refractivity contribution in [3.05, 3.63) is 0 Å². The van der Waals surface area contributed by atoms with Crippen LogP contribution in [0.25, 0.3) is 0 Å². The van der Waals surface area contributed by atoms with Crippen LogP contribution in [-0.4, -0.2) is 29.1 Å². The van der Waals surface area contributed by atoms with Gasteiger partial charge in [-0.1, -0.05) is 13.8 Å². The summed E-state index contributed by atoms with van der Waals surface area (Å²) in [5.41, 5.74) is 5.46. The van der Waals surface area contributed by atoms with Crippen molar-refractivity contribution in [2.75, 3.05) is 23.8 Å². The molecule has 0 aromatic carbocycles. The molecule has 62 valence electrons. The second-order valence-corrected chi connectivity index (χ2v) is 5.05. The maximum absolute atomic E-state index is 5.46. The van der Waals surface area contributed by atoms with E-state index < -0.39 is 0 Å². The van der Waals surface area contributed by atoms with Crippen LogP contribution in [0.15, 0.2) is 0 Å². The van der Waals surface area contributed by atoms with Gasteiger partial charge in [0.05, 0.1) is 0 Å². The molecule has 0 aliphatic rings. The Bertz CT molecular complexity index is 68.6. The number of thioether (sulfide) groups is 2. The van der Waals surface area contributed by atoms with Gasteiger partial charge in [0.25, 0.3) is 0 Å². The Hall–Kier alpha value is 0.660. The van der Waals surface area contributed by atoms with Crippen molar-refractivity contribution < 1.29 is 0 Å².